The van der Waals surface area contributed by atoms with Gasteiger partial charge in [-0.1, -0.05) is 0 Å². The highest BCUT2D eigenvalue weighted by Gasteiger charge is 2.16. The van der Waals surface area contributed by atoms with Gasteiger partial charge in [0, 0.05) is 28.2 Å². The van der Waals surface area contributed by atoms with Gasteiger partial charge >= 0.3 is 0 Å². The molecule has 7 nitrogen and oxygen atoms in total. The van der Waals surface area contributed by atoms with E-state index in [0.717, 1.165) is 11.8 Å². The smallest absolute Gasteiger partial charge is 0.230 e. The topological polar surface area (TPSA) is 82.5 Å². The summed E-state index contributed by atoms with van der Waals surface area (Å²) in [5.41, 5.74) is 0. The van der Waals surface area contributed by atoms with Crippen LogP contribution in [-0.4, -0.2) is 54.0 Å². The molecule has 0 bridgehead atoms. The zero-order valence-electron chi connectivity index (χ0n) is 12.5. The molecule has 0 amide bonds. The van der Waals surface area contributed by atoms with E-state index in [9.17, 15) is 9.90 Å². The molecule has 0 atom stereocenters. The van der Waals surface area contributed by atoms with Crippen molar-refractivity contribution in [3.63, 3.8) is 0 Å². The largest absolute Gasteiger partial charge is 0.511 e. The lowest BCUT2D eigenvalue weighted by atomic mass is 10.4. The number of anilines is 2. The Kier molecular flexibility index (Phi) is 5.32. The number of rotatable bonds is 5. The molecule has 0 spiro atoms. The number of aromatic nitrogens is 3. The second kappa shape index (κ2) is 6.56. The van der Waals surface area contributed by atoms with Gasteiger partial charge < -0.3 is 14.9 Å². The van der Waals surface area contributed by atoms with Crippen molar-refractivity contribution in [1.82, 2.24) is 15.0 Å². The summed E-state index contributed by atoms with van der Waals surface area (Å²) in [6.45, 7) is 2.85. The van der Waals surface area contributed by atoms with Crippen LogP contribution in [0.1, 0.15) is 13.8 Å². The molecule has 8 heteroatoms. The van der Waals surface area contributed by atoms with Crippen molar-refractivity contribution >= 4 is 29.4 Å². The summed E-state index contributed by atoms with van der Waals surface area (Å²) >= 11 is 1.03. The number of carbonyl (C=O) groups excluding carboxylic acids is 1. The highest BCUT2D eigenvalue weighted by Crippen LogP contribution is 2.28. The van der Waals surface area contributed by atoms with Gasteiger partial charge in [0.1, 0.15) is 5.76 Å². The Labute approximate surface area is 122 Å². The number of carbonyl (C=O) groups is 1. The normalized spacial score (nSPS) is 11.9. The first-order valence-corrected chi connectivity index (χ1v) is 6.73. The summed E-state index contributed by atoms with van der Waals surface area (Å²) in [6, 6.07) is 0. The Bertz CT molecular complexity index is 512. The number of ketones is 1. The van der Waals surface area contributed by atoms with Crippen molar-refractivity contribution < 1.29 is 9.90 Å². The summed E-state index contributed by atoms with van der Waals surface area (Å²) in [5.74, 6) is 0.711. The van der Waals surface area contributed by atoms with E-state index in [-0.39, 0.29) is 16.4 Å². The van der Waals surface area contributed by atoms with Gasteiger partial charge in [-0.25, -0.2) is 0 Å². The van der Waals surface area contributed by atoms with Crippen LogP contribution < -0.4 is 9.80 Å². The summed E-state index contributed by atoms with van der Waals surface area (Å²) in [5, 5.41) is 9.91. The minimum atomic E-state index is -0.229. The zero-order valence-corrected chi connectivity index (χ0v) is 13.3. The lowest BCUT2D eigenvalue weighted by Gasteiger charge is -2.16. The molecule has 0 aliphatic carbocycles. The van der Waals surface area contributed by atoms with E-state index in [1.54, 1.807) is 9.80 Å². The van der Waals surface area contributed by atoms with Crippen molar-refractivity contribution in [3.8, 4) is 0 Å². The number of Topliss-reactive ketones (excluding diaryl/α,β-unsaturated/α-hetero) is 1. The number of hydrogen-bond donors (Lipinski definition) is 1. The Balaban J connectivity index is 3.24. The summed E-state index contributed by atoms with van der Waals surface area (Å²) in [6.07, 6.45) is 0. The van der Waals surface area contributed by atoms with E-state index < -0.39 is 0 Å². The molecule has 0 aliphatic heterocycles. The molecule has 0 radical (unpaired) electrons. The number of thioether (sulfide) groups is 1. The number of aliphatic hydroxyl groups is 1. The van der Waals surface area contributed by atoms with Crippen LogP contribution in [0.5, 0.6) is 0 Å². The molecular formula is C12H19N5O2S. The minimum Gasteiger partial charge on any atom is -0.511 e. The highest BCUT2D eigenvalue weighted by atomic mass is 32.2. The standard InChI is InChI=1S/C12H19N5O2S/c1-7(18)9(8(2)19)20-12-14-10(16(3)4)13-11(15-12)17(5)6/h18H,1-6H3/b9-7+. The highest BCUT2D eigenvalue weighted by molar-refractivity contribution is 8.03. The molecule has 0 aromatic carbocycles. The monoisotopic (exact) mass is 297 g/mol. The predicted octanol–water partition coefficient (Wildman–Crippen LogP) is 1.47. The lowest BCUT2D eigenvalue weighted by molar-refractivity contribution is -0.113. The van der Waals surface area contributed by atoms with Gasteiger partial charge in [-0.2, -0.15) is 15.0 Å². The summed E-state index contributed by atoms with van der Waals surface area (Å²) in [4.78, 5) is 28.0. The number of allylic oxidation sites excluding steroid dienone is 2. The average Bonchev–Trinajstić information content (AvgIpc) is 2.34. The van der Waals surface area contributed by atoms with Crippen LogP contribution >= 0.6 is 11.8 Å². The number of hydrogen-bond acceptors (Lipinski definition) is 8. The van der Waals surface area contributed by atoms with E-state index in [1.807, 2.05) is 28.2 Å². The van der Waals surface area contributed by atoms with E-state index >= 15 is 0 Å². The first-order valence-electron chi connectivity index (χ1n) is 5.91. The van der Waals surface area contributed by atoms with Crippen LogP contribution in [0.25, 0.3) is 0 Å². The summed E-state index contributed by atoms with van der Waals surface area (Å²) < 4.78 is 0. The third-order valence-electron chi connectivity index (χ3n) is 2.23. The van der Waals surface area contributed by atoms with Gasteiger partial charge in [-0.15, -0.1) is 0 Å². The fourth-order valence-electron chi connectivity index (χ4n) is 1.27. The third kappa shape index (κ3) is 4.09. The van der Waals surface area contributed by atoms with Crippen molar-refractivity contribution in [2.75, 3.05) is 38.0 Å². The van der Waals surface area contributed by atoms with Crippen LogP contribution in [0.3, 0.4) is 0 Å². The molecule has 0 unspecified atom stereocenters. The third-order valence-corrected chi connectivity index (χ3v) is 3.39. The second-order valence-corrected chi connectivity index (χ2v) is 5.56. The average molecular weight is 297 g/mol. The van der Waals surface area contributed by atoms with E-state index in [2.05, 4.69) is 15.0 Å². The number of aliphatic hydroxyl groups excluding tert-OH is 1. The van der Waals surface area contributed by atoms with Crippen LogP contribution in [-0.2, 0) is 4.79 Å². The number of nitrogens with zero attached hydrogens (tertiary/aromatic N) is 5. The fourth-order valence-corrected chi connectivity index (χ4v) is 2.00. The SMILES string of the molecule is CC(=O)/C(Sc1nc(N(C)C)nc(N(C)C)n1)=C(/C)O. The Morgan fingerprint density at radius 1 is 1.00 bits per heavy atom. The molecule has 1 N–H and O–H groups in total. The van der Waals surface area contributed by atoms with Crippen molar-refractivity contribution in [2.45, 2.75) is 19.0 Å². The molecule has 1 heterocycles. The van der Waals surface area contributed by atoms with E-state index in [4.69, 9.17) is 0 Å². The zero-order chi connectivity index (χ0) is 15.4. The van der Waals surface area contributed by atoms with Gasteiger partial charge in [0.15, 0.2) is 10.9 Å². The van der Waals surface area contributed by atoms with Crippen molar-refractivity contribution in [2.24, 2.45) is 0 Å². The fraction of sp³-hybridized carbons (Fsp3) is 0.500. The maximum absolute atomic E-state index is 11.5. The molecule has 110 valence electrons. The molecule has 0 fully saturated rings. The maximum Gasteiger partial charge on any atom is 0.230 e. The maximum atomic E-state index is 11.5. The minimum absolute atomic E-state index is 0.0410. The first kappa shape index (κ1) is 16.2. The van der Waals surface area contributed by atoms with Crippen LogP contribution in [0.2, 0.25) is 0 Å². The van der Waals surface area contributed by atoms with Gasteiger partial charge in [-0.3, -0.25) is 4.79 Å². The molecule has 1 aromatic rings. The van der Waals surface area contributed by atoms with Crippen LogP contribution in [0.15, 0.2) is 15.8 Å². The molecule has 0 aliphatic rings. The molecule has 20 heavy (non-hydrogen) atoms. The van der Waals surface area contributed by atoms with Gasteiger partial charge in [-0.05, 0) is 25.6 Å². The lowest BCUT2D eigenvalue weighted by Crippen LogP contribution is -2.19. The van der Waals surface area contributed by atoms with Crippen LogP contribution in [0, 0.1) is 0 Å². The first-order chi connectivity index (χ1) is 9.22. The Morgan fingerprint density at radius 3 is 1.75 bits per heavy atom. The molecule has 0 saturated carbocycles. The molecule has 0 saturated heterocycles. The van der Waals surface area contributed by atoms with Gasteiger partial charge in [0.2, 0.25) is 11.9 Å². The predicted molar refractivity (Wildman–Crippen MR) is 80.3 cm³/mol. The van der Waals surface area contributed by atoms with Gasteiger partial charge in [0.25, 0.3) is 0 Å². The Morgan fingerprint density at radius 2 is 1.45 bits per heavy atom. The van der Waals surface area contributed by atoms with Crippen molar-refractivity contribution in [1.29, 1.82) is 0 Å². The van der Waals surface area contributed by atoms with Gasteiger partial charge in [0.05, 0.1) is 4.91 Å². The van der Waals surface area contributed by atoms with Crippen molar-refractivity contribution in [3.05, 3.63) is 10.7 Å². The molecule has 1 aromatic heterocycles. The Hall–Kier alpha value is -1.83. The molecular weight excluding hydrogens is 278 g/mol. The van der Waals surface area contributed by atoms with E-state index in [1.165, 1.54) is 13.8 Å². The second-order valence-electron chi connectivity index (χ2n) is 4.58. The van der Waals surface area contributed by atoms with Crippen LogP contribution in [0.4, 0.5) is 11.9 Å². The molecule has 1 rings (SSSR count). The summed E-state index contributed by atoms with van der Waals surface area (Å²) in [7, 11) is 7.29. The quantitative estimate of drug-likeness (QED) is 0.497. The van der Waals surface area contributed by atoms with E-state index in [0.29, 0.717) is 17.1 Å².